The minimum Gasteiger partial charge on any atom is -0.486 e. The number of fused-ring (bicyclic) bond motifs is 1. The molecular formula is C31H30ClN5O3. The van der Waals surface area contributed by atoms with Gasteiger partial charge in [0.2, 0.25) is 0 Å². The molecule has 1 unspecified atom stereocenters. The summed E-state index contributed by atoms with van der Waals surface area (Å²) >= 11 is 6.59. The third kappa shape index (κ3) is 5.62. The molecule has 0 bridgehead atoms. The van der Waals surface area contributed by atoms with Crippen molar-refractivity contribution in [2.45, 2.75) is 38.4 Å². The topological polar surface area (TPSA) is 92.5 Å². The average Bonchev–Trinajstić information content (AvgIpc) is 3.51. The van der Waals surface area contributed by atoms with Crippen LogP contribution in [0.25, 0.3) is 10.9 Å². The Morgan fingerprint density at radius 3 is 2.70 bits per heavy atom. The summed E-state index contributed by atoms with van der Waals surface area (Å²) < 4.78 is 17.9. The van der Waals surface area contributed by atoms with Crippen LogP contribution in [0.2, 0.25) is 5.02 Å². The second kappa shape index (κ2) is 12.0. The zero-order valence-corrected chi connectivity index (χ0v) is 22.9. The summed E-state index contributed by atoms with van der Waals surface area (Å²) in [5.74, 6) is 1.37. The summed E-state index contributed by atoms with van der Waals surface area (Å²) in [7, 11) is 0. The summed E-state index contributed by atoms with van der Waals surface area (Å²) in [6, 6.07) is 17.5. The first-order chi connectivity index (χ1) is 19.7. The predicted octanol–water partition coefficient (Wildman–Crippen LogP) is 6.64. The van der Waals surface area contributed by atoms with Gasteiger partial charge < -0.3 is 24.4 Å². The van der Waals surface area contributed by atoms with Gasteiger partial charge in [-0.2, -0.15) is 5.26 Å². The predicted molar refractivity (Wildman–Crippen MR) is 156 cm³/mol. The van der Waals surface area contributed by atoms with E-state index in [-0.39, 0.29) is 6.10 Å². The Bertz CT molecular complexity index is 1530. The van der Waals surface area contributed by atoms with Crippen LogP contribution in [0, 0.1) is 11.3 Å². The lowest BCUT2D eigenvalue weighted by molar-refractivity contribution is 0.141. The first-order valence-electron chi connectivity index (χ1n) is 13.6. The van der Waals surface area contributed by atoms with Crippen LogP contribution >= 0.6 is 11.6 Å². The maximum atomic E-state index is 9.96. The monoisotopic (exact) mass is 555 g/mol. The molecular weight excluding hydrogens is 526 g/mol. The van der Waals surface area contributed by atoms with E-state index in [9.17, 15) is 5.26 Å². The minimum atomic E-state index is 0.0255. The first kappa shape index (κ1) is 26.2. The molecule has 2 fully saturated rings. The number of piperidine rings is 1. The van der Waals surface area contributed by atoms with Crippen LogP contribution < -0.4 is 19.7 Å². The standard InChI is InChI=1S/C31H30ClN5O3/c32-26-16-22(7-9-27(26)39-19-23-6-2-3-12-34-23)36-29-21(17-33)18-35-30-25(29)8-10-28(40-24-11-15-38-20-24)31(30)37-13-4-1-5-14-37/h2-3,6-10,12,16,18,24H,1,4-5,11,13-15,19-20H2,(H,35,36). The summed E-state index contributed by atoms with van der Waals surface area (Å²) in [4.78, 5) is 11.4. The quantitative estimate of drug-likeness (QED) is 0.259. The van der Waals surface area contributed by atoms with Crippen LogP contribution in [0.15, 0.2) is 60.9 Å². The molecule has 4 heterocycles. The van der Waals surface area contributed by atoms with E-state index < -0.39 is 0 Å². The third-order valence-electron chi connectivity index (χ3n) is 7.25. The maximum absolute atomic E-state index is 9.96. The number of pyridine rings is 2. The van der Waals surface area contributed by atoms with Gasteiger partial charge in [0.1, 0.15) is 36.0 Å². The van der Waals surface area contributed by atoms with Gasteiger partial charge in [-0.05, 0) is 61.7 Å². The molecule has 0 radical (unpaired) electrons. The Balaban J connectivity index is 1.33. The molecule has 0 amide bonds. The second-order valence-electron chi connectivity index (χ2n) is 10.00. The molecule has 2 saturated heterocycles. The van der Waals surface area contributed by atoms with Crippen molar-refractivity contribution in [3.05, 3.63) is 77.2 Å². The molecule has 2 aliphatic rings. The van der Waals surface area contributed by atoms with E-state index >= 15 is 0 Å². The number of nitrogens with one attached hydrogen (secondary N) is 1. The number of hydrogen-bond donors (Lipinski definition) is 1. The van der Waals surface area contributed by atoms with Crippen LogP contribution in [-0.2, 0) is 11.3 Å². The molecule has 0 aliphatic carbocycles. The van der Waals surface area contributed by atoms with Crippen molar-refractivity contribution >= 4 is 39.6 Å². The molecule has 4 aromatic rings. The number of hydrogen-bond acceptors (Lipinski definition) is 8. The highest BCUT2D eigenvalue weighted by molar-refractivity contribution is 6.32. The molecule has 0 spiro atoms. The lowest BCUT2D eigenvalue weighted by atomic mass is 10.0. The molecule has 0 saturated carbocycles. The Morgan fingerprint density at radius 1 is 1.07 bits per heavy atom. The Kier molecular flexibility index (Phi) is 7.85. The van der Waals surface area contributed by atoms with Crippen molar-refractivity contribution in [2.24, 2.45) is 0 Å². The van der Waals surface area contributed by atoms with Crippen molar-refractivity contribution in [1.82, 2.24) is 9.97 Å². The van der Waals surface area contributed by atoms with Crippen molar-refractivity contribution in [3.63, 3.8) is 0 Å². The van der Waals surface area contributed by atoms with Gasteiger partial charge in [0, 0.05) is 43.0 Å². The van der Waals surface area contributed by atoms with Crippen molar-refractivity contribution in [2.75, 3.05) is 36.5 Å². The van der Waals surface area contributed by atoms with E-state index in [1.807, 2.05) is 42.5 Å². The van der Waals surface area contributed by atoms with E-state index in [2.05, 4.69) is 21.3 Å². The van der Waals surface area contributed by atoms with Crippen LogP contribution in [0.3, 0.4) is 0 Å². The smallest absolute Gasteiger partial charge is 0.145 e. The number of halogens is 1. The van der Waals surface area contributed by atoms with Crippen LogP contribution in [0.1, 0.15) is 36.9 Å². The largest absolute Gasteiger partial charge is 0.486 e. The fourth-order valence-electron chi connectivity index (χ4n) is 5.23. The fraction of sp³-hybridized carbons (Fsp3) is 0.323. The normalized spacial score (nSPS) is 17.0. The molecule has 2 aliphatic heterocycles. The lowest BCUT2D eigenvalue weighted by Crippen LogP contribution is -2.30. The van der Waals surface area contributed by atoms with Gasteiger partial charge in [0.15, 0.2) is 0 Å². The summed E-state index contributed by atoms with van der Waals surface area (Å²) in [5, 5.41) is 14.7. The fourth-order valence-corrected chi connectivity index (χ4v) is 5.47. The van der Waals surface area contributed by atoms with Gasteiger partial charge in [-0.25, -0.2) is 0 Å². The summed E-state index contributed by atoms with van der Waals surface area (Å²) in [6.45, 7) is 3.50. The Hall–Kier alpha value is -4.06. The molecule has 204 valence electrons. The SMILES string of the molecule is N#Cc1cnc2c(N3CCCCC3)c(OC3CCOC3)ccc2c1Nc1ccc(OCc2ccccn2)c(Cl)c1. The van der Waals surface area contributed by atoms with Crippen LogP contribution in [0.4, 0.5) is 17.1 Å². The highest BCUT2D eigenvalue weighted by Crippen LogP contribution is 2.42. The van der Waals surface area contributed by atoms with Gasteiger partial charge in [-0.3, -0.25) is 9.97 Å². The number of nitriles is 1. The lowest BCUT2D eigenvalue weighted by Gasteiger charge is -2.32. The van der Waals surface area contributed by atoms with E-state index in [1.54, 1.807) is 18.5 Å². The number of nitrogens with zero attached hydrogens (tertiary/aromatic N) is 4. The molecule has 9 heteroatoms. The Morgan fingerprint density at radius 2 is 1.95 bits per heavy atom. The highest BCUT2D eigenvalue weighted by Gasteiger charge is 2.25. The minimum absolute atomic E-state index is 0.0255. The van der Waals surface area contributed by atoms with Gasteiger partial charge in [-0.1, -0.05) is 17.7 Å². The van der Waals surface area contributed by atoms with E-state index in [0.29, 0.717) is 41.8 Å². The van der Waals surface area contributed by atoms with Crippen molar-refractivity contribution < 1.29 is 14.2 Å². The molecule has 8 nitrogen and oxygen atoms in total. The van der Waals surface area contributed by atoms with Gasteiger partial charge in [-0.15, -0.1) is 0 Å². The summed E-state index contributed by atoms with van der Waals surface area (Å²) in [5.41, 5.74) is 4.47. The van der Waals surface area contributed by atoms with Gasteiger partial charge in [0.25, 0.3) is 0 Å². The zero-order chi connectivity index (χ0) is 27.3. The second-order valence-corrected chi connectivity index (χ2v) is 10.4. The van der Waals surface area contributed by atoms with E-state index in [4.69, 9.17) is 30.8 Å². The zero-order valence-electron chi connectivity index (χ0n) is 22.1. The summed E-state index contributed by atoms with van der Waals surface area (Å²) in [6.07, 6.45) is 7.72. The molecule has 1 N–H and O–H groups in total. The first-order valence-corrected chi connectivity index (χ1v) is 14.0. The van der Waals surface area contributed by atoms with Crippen molar-refractivity contribution in [1.29, 1.82) is 5.26 Å². The van der Waals surface area contributed by atoms with E-state index in [1.165, 1.54) is 6.42 Å². The molecule has 2 aromatic carbocycles. The van der Waals surface area contributed by atoms with Gasteiger partial charge >= 0.3 is 0 Å². The number of ether oxygens (including phenoxy) is 3. The number of aromatic nitrogens is 2. The molecule has 40 heavy (non-hydrogen) atoms. The molecule has 2 aromatic heterocycles. The van der Waals surface area contributed by atoms with Crippen LogP contribution in [-0.4, -0.2) is 42.4 Å². The maximum Gasteiger partial charge on any atom is 0.145 e. The third-order valence-corrected chi connectivity index (χ3v) is 7.55. The van der Waals surface area contributed by atoms with Gasteiger partial charge in [0.05, 0.1) is 40.7 Å². The number of anilines is 3. The molecule has 6 rings (SSSR count). The molecule has 1 atom stereocenters. The van der Waals surface area contributed by atoms with Crippen molar-refractivity contribution in [3.8, 4) is 17.6 Å². The number of benzene rings is 2. The number of rotatable bonds is 8. The average molecular weight is 556 g/mol. The van der Waals surface area contributed by atoms with E-state index in [0.717, 1.165) is 66.1 Å². The Labute approximate surface area is 238 Å². The van der Waals surface area contributed by atoms with Crippen LogP contribution in [0.5, 0.6) is 11.5 Å². The highest BCUT2D eigenvalue weighted by atomic mass is 35.5.